The second-order valence-corrected chi connectivity index (χ2v) is 3.94. The molecule has 0 spiro atoms. The second-order valence-electron chi connectivity index (χ2n) is 3.94. The van der Waals surface area contributed by atoms with Crippen molar-refractivity contribution in [3.8, 4) is 11.1 Å². The first kappa shape index (κ1) is 10.5. The number of fused-ring (bicyclic) bond motifs is 1. The summed E-state index contributed by atoms with van der Waals surface area (Å²) in [7, 11) is 0. The molecule has 0 fully saturated rings. The average Bonchev–Trinajstić information content (AvgIpc) is 2.86. The summed E-state index contributed by atoms with van der Waals surface area (Å²) in [5.74, 6) is -0.527. The van der Waals surface area contributed by atoms with E-state index >= 15 is 0 Å². The molecule has 18 heavy (non-hydrogen) atoms. The number of primary amides is 1. The number of pyridine rings is 2. The van der Waals surface area contributed by atoms with Gasteiger partial charge in [0.1, 0.15) is 11.3 Å². The number of hydrogen-bond acceptors (Lipinski definition) is 3. The lowest BCUT2D eigenvalue weighted by Crippen LogP contribution is -2.12. The van der Waals surface area contributed by atoms with Crippen LogP contribution in [0.15, 0.2) is 42.9 Å². The molecule has 3 aromatic rings. The largest absolute Gasteiger partial charge is 0.364 e. The highest BCUT2D eigenvalue weighted by Gasteiger charge is 2.04. The first-order valence-electron chi connectivity index (χ1n) is 5.43. The second kappa shape index (κ2) is 3.96. The van der Waals surface area contributed by atoms with Crippen LogP contribution in [0.3, 0.4) is 0 Å². The fraction of sp³-hybridized carbons (Fsp3) is 0. The predicted molar refractivity (Wildman–Crippen MR) is 67.8 cm³/mol. The Morgan fingerprint density at radius 3 is 2.67 bits per heavy atom. The molecule has 0 aliphatic rings. The molecule has 3 heterocycles. The van der Waals surface area contributed by atoms with E-state index in [0.29, 0.717) is 0 Å². The summed E-state index contributed by atoms with van der Waals surface area (Å²) in [6.45, 7) is 0. The zero-order chi connectivity index (χ0) is 12.5. The summed E-state index contributed by atoms with van der Waals surface area (Å²) < 4.78 is 0. The summed E-state index contributed by atoms with van der Waals surface area (Å²) in [6.07, 6.45) is 5.23. The van der Waals surface area contributed by atoms with E-state index in [-0.39, 0.29) is 5.69 Å². The number of H-pyrrole nitrogens is 1. The number of nitrogens with one attached hydrogen (secondary N) is 1. The third kappa shape index (κ3) is 1.71. The Kier molecular flexibility index (Phi) is 2.30. The van der Waals surface area contributed by atoms with E-state index < -0.39 is 5.91 Å². The Morgan fingerprint density at radius 2 is 1.94 bits per heavy atom. The minimum Gasteiger partial charge on any atom is -0.364 e. The molecule has 0 aliphatic carbocycles. The van der Waals surface area contributed by atoms with Crippen LogP contribution in [-0.2, 0) is 0 Å². The van der Waals surface area contributed by atoms with Gasteiger partial charge in [-0.3, -0.25) is 9.78 Å². The van der Waals surface area contributed by atoms with E-state index in [0.717, 1.165) is 22.2 Å². The van der Waals surface area contributed by atoms with E-state index in [1.807, 2.05) is 24.4 Å². The van der Waals surface area contributed by atoms with Crippen LogP contribution in [0.4, 0.5) is 0 Å². The Morgan fingerprint density at radius 1 is 1.11 bits per heavy atom. The third-order valence-electron chi connectivity index (χ3n) is 2.75. The van der Waals surface area contributed by atoms with Crippen molar-refractivity contribution < 1.29 is 4.79 Å². The summed E-state index contributed by atoms with van der Waals surface area (Å²) in [6, 6.07) is 7.39. The topological polar surface area (TPSA) is 84.7 Å². The average molecular weight is 238 g/mol. The van der Waals surface area contributed by atoms with Gasteiger partial charge in [-0.2, -0.15) is 0 Å². The highest BCUT2D eigenvalue weighted by atomic mass is 16.1. The fourth-order valence-corrected chi connectivity index (χ4v) is 1.81. The van der Waals surface area contributed by atoms with Crippen LogP contribution in [-0.4, -0.2) is 20.9 Å². The van der Waals surface area contributed by atoms with Crippen LogP contribution in [0.5, 0.6) is 0 Å². The Bertz CT molecular complexity index is 715. The minimum atomic E-state index is -0.527. The molecule has 0 aromatic carbocycles. The molecule has 3 rings (SSSR count). The Labute approximate surface area is 103 Å². The van der Waals surface area contributed by atoms with E-state index in [4.69, 9.17) is 5.73 Å². The number of nitrogens with zero attached hydrogens (tertiary/aromatic N) is 2. The van der Waals surface area contributed by atoms with Crippen molar-refractivity contribution >= 4 is 16.9 Å². The lowest BCUT2D eigenvalue weighted by molar-refractivity contribution is 0.0995. The third-order valence-corrected chi connectivity index (χ3v) is 2.75. The monoisotopic (exact) mass is 238 g/mol. The number of amides is 1. The highest BCUT2D eigenvalue weighted by molar-refractivity contribution is 5.91. The maximum absolute atomic E-state index is 10.9. The van der Waals surface area contributed by atoms with Gasteiger partial charge >= 0.3 is 0 Å². The van der Waals surface area contributed by atoms with Crippen molar-refractivity contribution in [2.45, 2.75) is 0 Å². The fourth-order valence-electron chi connectivity index (χ4n) is 1.81. The SMILES string of the molecule is NC(=O)c1ccc(-c2cnc3[nH]ccc3c2)cn1. The van der Waals surface area contributed by atoms with Gasteiger partial charge in [-0.05, 0) is 18.2 Å². The molecule has 3 N–H and O–H groups in total. The van der Waals surface area contributed by atoms with Gasteiger partial charge in [-0.25, -0.2) is 4.98 Å². The van der Waals surface area contributed by atoms with Gasteiger partial charge < -0.3 is 10.7 Å². The molecule has 5 heteroatoms. The van der Waals surface area contributed by atoms with Crippen LogP contribution >= 0.6 is 0 Å². The van der Waals surface area contributed by atoms with E-state index in [2.05, 4.69) is 15.0 Å². The number of carbonyl (C=O) groups excluding carboxylic acids is 1. The minimum absolute atomic E-state index is 0.259. The maximum Gasteiger partial charge on any atom is 0.267 e. The summed E-state index contributed by atoms with van der Waals surface area (Å²) in [5.41, 5.74) is 8.10. The van der Waals surface area contributed by atoms with Crippen LogP contribution < -0.4 is 5.73 Å². The molecule has 0 radical (unpaired) electrons. The van der Waals surface area contributed by atoms with E-state index in [1.165, 1.54) is 0 Å². The normalized spacial score (nSPS) is 10.7. The zero-order valence-electron chi connectivity index (χ0n) is 9.42. The summed E-state index contributed by atoms with van der Waals surface area (Å²) in [4.78, 5) is 22.3. The first-order valence-corrected chi connectivity index (χ1v) is 5.43. The molecule has 3 aromatic heterocycles. The van der Waals surface area contributed by atoms with Crippen LogP contribution in [0.2, 0.25) is 0 Å². The number of nitrogens with two attached hydrogens (primary N) is 1. The zero-order valence-corrected chi connectivity index (χ0v) is 9.42. The Hall–Kier alpha value is -2.69. The smallest absolute Gasteiger partial charge is 0.267 e. The quantitative estimate of drug-likeness (QED) is 0.712. The van der Waals surface area contributed by atoms with Crippen LogP contribution in [0.25, 0.3) is 22.2 Å². The first-order chi connectivity index (χ1) is 8.74. The lowest BCUT2D eigenvalue weighted by atomic mass is 10.1. The lowest BCUT2D eigenvalue weighted by Gasteiger charge is -2.01. The van der Waals surface area contributed by atoms with Gasteiger partial charge in [0.25, 0.3) is 5.91 Å². The Balaban J connectivity index is 2.05. The van der Waals surface area contributed by atoms with Crippen molar-refractivity contribution in [3.05, 3.63) is 48.5 Å². The summed E-state index contributed by atoms with van der Waals surface area (Å²) in [5, 5.41) is 1.03. The predicted octanol–water partition coefficient (Wildman–Crippen LogP) is 1.72. The molecule has 1 amide bonds. The number of carbonyl (C=O) groups is 1. The molecule has 5 nitrogen and oxygen atoms in total. The molecule has 0 saturated carbocycles. The van der Waals surface area contributed by atoms with Crippen molar-refractivity contribution in [3.63, 3.8) is 0 Å². The molecule has 0 aliphatic heterocycles. The molecule has 0 bridgehead atoms. The number of aromatic amines is 1. The van der Waals surface area contributed by atoms with E-state index in [1.54, 1.807) is 18.5 Å². The van der Waals surface area contributed by atoms with Crippen molar-refractivity contribution in [1.82, 2.24) is 15.0 Å². The number of rotatable bonds is 2. The van der Waals surface area contributed by atoms with Crippen molar-refractivity contribution in [1.29, 1.82) is 0 Å². The molecule has 0 atom stereocenters. The number of hydrogen-bond donors (Lipinski definition) is 2. The molecule has 0 unspecified atom stereocenters. The van der Waals surface area contributed by atoms with Crippen LogP contribution in [0.1, 0.15) is 10.5 Å². The molecular weight excluding hydrogens is 228 g/mol. The van der Waals surface area contributed by atoms with Gasteiger partial charge in [0.05, 0.1) is 0 Å². The van der Waals surface area contributed by atoms with Gasteiger partial charge in [-0.1, -0.05) is 6.07 Å². The standard InChI is InChI=1S/C13H10N4O/c14-12(18)11-2-1-9(6-16-11)10-5-8-3-4-15-13(8)17-7-10/h1-7H,(H2,14,18)(H,15,17). The summed E-state index contributed by atoms with van der Waals surface area (Å²) >= 11 is 0. The van der Waals surface area contributed by atoms with Gasteiger partial charge in [-0.15, -0.1) is 0 Å². The van der Waals surface area contributed by atoms with Crippen molar-refractivity contribution in [2.24, 2.45) is 5.73 Å². The maximum atomic E-state index is 10.9. The van der Waals surface area contributed by atoms with Crippen LogP contribution in [0, 0.1) is 0 Å². The highest BCUT2D eigenvalue weighted by Crippen LogP contribution is 2.21. The molecule has 0 saturated heterocycles. The molecular formula is C13H10N4O. The molecule has 88 valence electrons. The van der Waals surface area contributed by atoms with Gasteiger partial charge in [0, 0.05) is 35.1 Å². The van der Waals surface area contributed by atoms with E-state index in [9.17, 15) is 4.79 Å². The van der Waals surface area contributed by atoms with Crippen molar-refractivity contribution in [2.75, 3.05) is 0 Å². The van der Waals surface area contributed by atoms with Gasteiger partial charge in [0.15, 0.2) is 0 Å². The number of aromatic nitrogens is 3. The van der Waals surface area contributed by atoms with Gasteiger partial charge in [0.2, 0.25) is 0 Å².